The number of nitrogens with zero attached hydrogens (tertiary/aromatic N) is 1. The molecule has 0 spiro atoms. The van der Waals surface area contributed by atoms with E-state index in [0.717, 1.165) is 49.8 Å². The van der Waals surface area contributed by atoms with Crippen molar-refractivity contribution in [3.8, 4) is 11.1 Å². The number of hydrogen-bond donors (Lipinski definition) is 5. The molecule has 1 aliphatic rings. The molecule has 4 rings (SSSR count). The van der Waals surface area contributed by atoms with Gasteiger partial charge >= 0.3 is 12.0 Å². The van der Waals surface area contributed by atoms with Crippen molar-refractivity contribution in [3.63, 3.8) is 0 Å². The van der Waals surface area contributed by atoms with Gasteiger partial charge in [0.25, 0.3) is 0 Å². The third-order valence-corrected chi connectivity index (χ3v) is 7.41. The van der Waals surface area contributed by atoms with Gasteiger partial charge in [-0.1, -0.05) is 56.9 Å². The van der Waals surface area contributed by atoms with Crippen LogP contribution in [0, 0.1) is 18.7 Å². The maximum absolute atomic E-state index is 14.2. The number of aliphatic hydroxyl groups is 2. The van der Waals surface area contributed by atoms with Gasteiger partial charge in [0, 0.05) is 17.6 Å². The monoisotopic (exact) mass is 549 g/mol. The molecule has 8 nitrogen and oxygen atoms in total. The SMILES string of the molecule is Cc1ccc(NC(=O)Nc2cc(-c3cc(F)ccc3C(=O)O)ccc2N(C2CCCCC2)C(O)(O)C(C)C)cc1. The van der Waals surface area contributed by atoms with Crippen molar-refractivity contribution in [2.75, 3.05) is 15.5 Å². The summed E-state index contributed by atoms with van der Waals surface area (Å²) in [6.45, 7) is 5.34. The molecular formula is C31H36FN3O5. The number of benzene rings is 3. The number of aromatic carboxylic acids is 1. The van der Waals surface area contributed by atoms with E-state index >= 15 is 0 Å². The summed E-state index contributed by atoms with van der Waals surface area (Å²) in [6.07, 6.45) is 4.37. The van der Waals surface area contributed by atoms with Crippen LogP contribution in [-0.4, -0.2) is 39.3 Å². The molecule has 212 valence electrons. The predicted octanol–water partition coefficient (Wildman–Crippen LogP) is 6.58. The zero-order valence-electron chi connectivity index (χ0n) is 22.9. The number of urea groups is 1. The van der Waals surface area contributed by atoms with E-state index in [9.17, 15) is 29.3 Å². The summed E-state index contributed by atoms with van der Waals surface area (Å²) in [5.41, 5.74) is 2.56. The summed E-state index contributed by atoms with van der Waals surface area (Å²) in [6, 6.07) is 14.6. The van der Waals surface area contributed by atoms with Crippen LogP contribution in [0.2, 0.25) is 0 Å². The van der Waals surface area contributed by atoms with E-state index in [1.54, 1.807) is 43.0 Å². The molecule has 0 unspecified atom stereocenters. The first kappa shape index (κ1) is 29.0. The Morgan fingerprint density at radius 3 is 2.25 bits per heavy atom. The molecule has 0 aliphatic heterocycles. The zero-order chi connectivity index (χ0) is 29.0. The van der Waals surface area contributed by atoms with E-state index in [2.05, 4.69) is 10.6 Å². The summed E-state index contributed by atoms with van der Waals surface area (Å²) in [5.74, 6) is -4.65. The van der Waals surface area contributed by atoms with E-state index < -0.39 is 29.6 Å². The van der Waals surface area contributed by atoms with Gasteiger partial charge < -0.3 is 30.9 Å². The Bertz CT molecular complexity index is 1370. The van der Waals surface area contributed by atoms with E-state index in [1.165, 1.54) is 12.1 Å². The number of hydrogen-bond acceptors (Lipinski definition) is 5. The number of nitrogens with one attached hydrogen (secondary N) is 2. The number of carbonyl (C=O) groups is 2. The lowest BCUT2D eigenvalue weighted by molar-refractivity contribution is -0.196. The largest absolute Gasteiger partial charge is 0.478 e. The minimum atomic E-state index is -2.24. The Labute approximate surface area is 233 Å². The zero-order valence-corrected chi connectivity index (χ0v) is 22.9. The van der Waals surface area contributed by atoms with Crippen LogP contribution in [0.4, 0.5) is 26.2 Å². The summed E-state index contributed by atoms with van der Waals surface area (Å²) < 4.78 is 14.2. The van der Waals surface area contributed by atoms with Crippen LogP contribution < -0.4 is 15.5 Å². The van der Waals surface area contributed by atoms with Crippen molar-refractivity contribution in [3.05, 3.63) is 77.6 Å². The molecular weight excluding hydrogens is 513 g/mol. The number of carboxylic acids is 1. The molecule has 1 saturated carbocycles. The smallest absolute Gasteiger partial charge is 0.336 e. The second-order valence-corrected chi connectivity index (χ2v) is 10.7. The molecule has 9 heteroatoms. The van der Waals surface area contributed by atoms with Gasteiger partial charge in [0.2, 0.25) is 5.91 Å². The molecule has 5 N–H and O–H groups in total. The Morgan fingerprint density at radius 1 is 0.950 bits per heavy atom. The standard InChI is InChI=1S/C31H36FN3O5/c1-19(2)31(39,40)35(24-7-5-4-6-8-24)28-16-11-21(26-18-22(32)12-15-25(26)29(36)37)17-27(28)34-30(38)33-23-13-9-20(3)10-14-23/h9-19,24,39-40H,4-8H2,1-3H3,(H,36,37)(H2,33,34,38). The lowest BCUT2D eigenvalue weighted by atomic mass is 9.91. The third kappa shape index (κ3) is 6.43. The van der Waals surface area contributed by atoms with Crippen molar-refractivity contribution < 1.29 is 29.3 Å². The highest BCUT2D eigenvalue weighted by Gasteiger charge is 2.41. The highest BCUT2D eigenvalue weighted by molar-refractivity contribution is 6.03. The van der Waals surface area contributed by atoms with Crippen molar-refractivity contribution in [2.24, 2.45) is 5.92 Å². The number of halogens is 1. The predicted molar refractivity (Wildman–Crippen MR) is 154 cm³/mol. The van der Waals surface area contributed by atoms with Crippen LogP contribution in [0.15, 0.2) is 60.7 Å². The minimum Gasteiger partial charge on any atom is -0.478 e. The van der Waals surface area contributed by atoms with Gasteiger partial charge in [-0.15, -0.1) is 0 Å². The van der Waals surface area contributed by atoms with Crippen molar-refractivity contribution in [2.45, 2.75) is 64.8 Å². The molecule has 0 radical (unpaired) electrons. The molecule has 3 aromatic rings. The van der Waals surface area contributed by atoms with Crippen molar-refractivity contribution in [1.29, 1.82) is 0 Å². The summed E-state index contributed by atoms with van der Waals surface area (Å²) in [5, 5.41) is 38.0. The third-order valence-electron chi connectivity index (χ3n) is 7.41. The van der Waals surface area contributed by atoms with Gasteiger partial charge in [0.1, 0.15) is 5.82 Å². The van der Waals surface area contributed by atoms with E-state index in [1.807, 2.05) is 19.1 Å². The average molecular weight is 550 g/mol. The first-order valence-corrected chi connectivity index (χ1v) is 13.5. The van der Waals surface area contributed by atoms with Crippen molar-refractivity contribution in [1.82, 2.24) is 0 Å². The molecule has 3 aromatic carbocycles. The molecule has 1 fully saturated rings. The number of carbonyl (C=O) groups excluding carboxylic acids is 1. The number of carboxylic acid groups (broad SMARTS) is 1. The molecule has 0 heterocycles. The Kier molecular flexibility index (Phi) is 8.76. The van der Waals surface area contributed by atoms with Crippen LogP contribution >= 0.6 is 0 Å². The fourth-order valence-corrected chi connectivity index (χ4v) is 5.14. The number of aryl methyl sites for hydroxylation is 1. The molecule has 0 saturated heterocycles. The van der Waals surface area contributed by atoms with Gasteiger partial charge in [-0.3, -0.25) is 0 Å². The highest BCUT2D eigenvalue weighted by Crippen LogP contribution is 2.41. The maximum atomic E-state index is 14.2. The fourth-order valence-electron chi connectivity index (χ4n) is 5.14. The van der Waals surface area contributed by atoms with Gasteiger partial charge in [-0.25, -0.2) is 14.0 Å². The summed E-state index contributed by atoms with van der Waals surface area (Å²) in [4.78, 5) is 26.6. The first-order chi connectivity index (χ1) is 19.0. The maximum Gasteiger partial charge on any atom is 0.336 e. The molecule has 2 amide bonds. The van der Waals surface area contributed by atoms with E-state index in [-0.39, 0.29) is 22.9 Å². The van der Waals surface area contributed by atoms with Crippen LogP contribution in [0.5, 0.6) is 0 Å². The number of rotatable bonds is 8. The van der Waals surface area contributed by atoms with Crippen molar-refractivity contribution >= 4 is 29.1 Å². The van der Waals surface area contributed by atoms with Crippen LogP contribution in [-0.2, 0) is 0 Å². The van der Waals surface area contributed by atoms with Crippen LogP contribution in [0.1, 0.15) is 61.9 Å². The van der Waals surface area contributed by atoms with Crippen LogP contribution in [0.3, 0.4) is 0 Å². The van der Waals surface area contributed by atoms with Gasteiger partial charge in [0.05, 0.1) is 16.9 Å². The lowest BCUT2D eigenvalue weighted by Gasteiger charge is -2.46. The summed E-state index contributed by atoms with van der Waals surface area (Å²) in [7, 11) is 0. The number of amides is 2. The Balaban J connectivity index is 1.83. The second kappa shape index (κ2) is 12.1. The van der Waals surface area contributed by atoms with E-state index in [4.69, 9.17) is 0 Å². The molecule has 0 bridgehead atoms. The second-order valence-electron chi connectivity index (χ2n) is 10.7. The quantitative estimate of drug-likeness (QED) is 0.202. The minimum absolute atomic E-state index is 0.103. The molecule has 0 atom stereocenters. The molecule has 40 heavy (non-hydrogen) atoms. The fraction of sp³-hybridized carbons (Fsp3) is 0.355. The lowest BCUT2D eigenvalue weighted by Crippen LogP contribution is -2.58. The highest BCUT2D eigenvalue weighted by atomic mass is 19.1. The molecule has 0 aromatic heterocycles. The van der Waals surface area contributed by atoms with Gasteiger partial charge in [0.15, 0.2) is 0 Å². The van der Waals surface area contributed by atoms with Gasteiger partial charge in [-0.2, -0.15) is 0 Å². The topological polar surface area (TPSA) is 122 Å². The average Bonchev–Trinajstić information content (AvgIpc) is 2.91. The van der Waals surface area contributed by atoms with E-state index in [0.29, 0.717) is 16.9 Å². The Hall–Kier alpha value is -3.95. The number of anilines is 3. The Morgan fingerprint density at radius 2 is 1.62 bits per heavy atom. The van der Waals surface area contributed by atoms with Gasteiger partial charge in [-0.05, 0) is 73.4 Å². The summed E-state index contributed by atoms with van der Waals surface area (Å²) >= 11 is 0. The molecule has 1 aliphatic carbocycles. The normalized spacial score (nSPS) is 14.2. The van der Waals surface area contributed by atoms with Crippen LogP contribution in [0.25, 0.3) is 11.1 Å². The first-order valence-electron chi connectivity index (χ1n) is 13.5.